The molecular weight excluding hydrogens is 384 g/mol. The number of rotatable bonds is 6. The number of nitrogens with zero attached hydrogens (tertiary/aromatic N) is 3. The molecule has 0 unspecified atom stereocenters. The molecule has 0 saturated heterocycles. The van der Waals surface area contributed by atoms with Crippen molar-refractivity contribution in [3.63, 3.8) is 0 Å². The molecule has 0 saturated carbocycles. The van der Waals surface area contributed by atoms with Crippen LogP contribution in [0.4, 0.5) is 14.7 Å². The SMILES string of the molecule is C=CCO/N=C1\CN(C(=O)O)Cc2nc(NC(=O)OCc3ccccc3)sc21. The number of oxime groups is 1. The quantitative estimate of drug-likeness (QED) is 0.435. The number of hydrogen-bond acceptors (Lipinski definition) is 7. The van der Waals surface area contributed by atoms with E-state index in [1.54, 1.807) is 0 Å². The molecular formula is C18H18N4O5S. The van der Waals surface area contributed by atoms with Gasteiger partial charge in [-0.1, -0.05) is 59.5 Å². The highest BCUT2D eigenvalue weighted by molar-refractivity contribution is 7.17. The van der Waals surface area contributed by atoms with Gasteiger partial charge < -0.3 is 14.7 Å². The fourth-order valence-electron chi connectivity index (χ4n) is 2.45. The lowest BCUT2D eigenvalue weighted by molar-refractivity contribution is 0.144. The Bertz CT molecular complexity index is 897. The maximum Gasteiger partial charge on any atom is 0.413 e. The highest BCUT2D eigenvalue weighted by Gasteiger charge is 2.29. The van der Waals surface area contributed by atoms with E-state index in [1.807, 2.05) is 30.3 Å². The first-order valence-electron chi connectivity index (χ1n) is 8.32. The van der Waals surface area contributed by atoms with Gasteiger partial charge in [0.2, 0.25) is 0 Å². The Hall–Kier alpha value is -3.40. The second-order valence-electron chi connectivity index (χ2n) is 5.74. The molecule has 0 aliphatic carbocycles. The third kappa shape index (κ3) is 4.86. The fraction of sp³-hybridized carbons (Fsp3) is 0.222. The summed E-state index contributed by atoms with van der Waals surface area (Å²) in [4.78, 5) is 34.6. The minimum atomic E-state index is -1.09. The molecule has 10 heteroatoms. The molecule has 1 aromatic carbocycles. The smallest absolute Gasteiger partial charge is 0.413 e. The molecule has 28 heavy (non-hydrogen) atoms. The zero-order valence-corrected chi connectivity index (χ0v) is 15.6. The van der Waals surface area contributed by atoms with Gasteiger partial charge in [0.1, 0.15) is 18.9 Å². The van der Waals surface area contributed by atoms with Gasteiger partial charge in [0, 0.05) is 0 Å². The van der Waals surface area contributed by atoms with Crippen molar-refractivity contribution in [2.45, 2.75) is 13.2 Å². The van der Waals surface area contributed by atoms with E-state index in [0.29, 0.717) is 21.4 Å². The normalized spacial score (nSPS) is 14.3. The van der Waals surface area contributed by atoms with Gasteiger partial charge in [-0.2, -0.15) is 0 Å². The summed E-state index contributed by atoms with van der Waals surface area (Å²) >= 11 is 1.19. The summed E-state index contributed by atoms with van der Waals surface area (Å²) in [5.74, 6) is 0. The van der Waals surface area contributed by atoms with Crippen LogP contribution < -0.4 is 5.32 Å². The summed E-state index contributed by atoms with van der Waals surface area (Å²) in [5, 5.41) is 16.1. The second-order valence-corrected chi connectivity index (χ2v) is 6.74. The average molecular weight is 402 g/mol. The summed E-state index contributed by atoms with van der Waals surface area (Å²) in [6, 6.07) is 9.29. The summed E-state index contributed by atoms with van der Waals surface area (Å²) in [5.41, 5.74) is 1.79. The lowest BCUT2D eigenvalue weighted by Crippen LogP contribution is -2.38. The lowest BCUT2D eigenvalue weighted by Gasteiger charge is -2.23. The summed E-state index contributed by atoms with van der Waals surface area (Å²) in [7, 11) is 0. The molecule has 0 bridgehead atoms. The molecule has 2 amide bonds. The van der Waals surface area contributed by atoms with Gasteiger partial charge in [0.15, 0.2) is 5.13 Å². The number of thiazole rings is 1. The minimum Gasteiger partial charge on any atom is -0.465 e. The maximum atomic E-state index is 12.0. The highest BCUT2D eigenvalue weighted by Crippen LogP contribution is 2.29. The van der Waals surface area contributed by atoms with Crippen LogP contribution >= 0.6 is 11.3 Å². The Kier molecular flexibility index (Phi) is 6.22. The molecule has 0 atom stereocenters. The van der Waals surface area contributed by atoms with Crippen molar-refractivity contribution in [2.24, 2.45) is 5.16 Å². The van der Waals surface area contributed by atoms with Crippen molar-refractivity contribution in [3.05, 3.63) is 59.1 Å². The van der Waals surface area contributed by atoms with Crippen LogP contribution in [-0.4, -0.2) is 46.0 Å². The molecule has 1 aliphatic heterocycles. The number of carboxylic acid groups (broad SMARTS) is 1. The van der Waals surface area contributed by atoms with Gasteiger partial charge in [-0.3, -0.25) is 10.2 Å². The number of fused-ring (bicyclic) bond motifs is 1. The topological polar surface area (TPSA) is 113 Å². The minimum absolute atomic E-state index is 0.0690. The molecule has 1 aliphatic rings. The van der Waals surface area contributed by atoms with Gasteiger partial charge in [0.25, 0.3) is 0 Å². The second kappa shape index (κ2) is 9.00. The number of amides is 2. The number of carbonyl (C=O) groups is 2. The van der Waals surface area contributed by atoms with E-state index in [9.17, 15) is 14.7 Å². The van der Waals surface area contributed by atoms with Crippen molar-refractivity contribution in [1.82, 2.24) is 9.88 Å². The van der Waals surface area contributed by atoms with Crippen molar-refractivity contribution in [2.75, 3.05) is 18.5 Å². The average Bonchev–Trinajstić information content (AvgIpc) is 3.09. The van der Waals surface area contributed by atoms with E-state index in [0.717, 1.165) is 10.5 Å². The molecule has 0 spiro atoms. The maximum absolute atomic E-state index is 12.0. The van der Waals surface area contributed by atoms with Crippen molar-refractivity contribution in [1.29, 1.82) is 0 Å². The summed E-state index contributed by atoms with van der Waals surface area (Å²) in [6.07, 6.45) is -0.205. The first-order valence-corrected chi connectivity index (χ1v) is 9.14. The van der Waals surface area contributed by atoms with Crippen molar-refractivity contribution >= 4 is 34.4 Å². The number of carbonyl (C=O) groups excluding carboxylic acids is 1. The largest absolute Gasteiger partial charge is 0.465 e. The van der Waals surface area contributed by atoms with E-state index in [-0.39, 0.29) is 26.3 Å². The van der Waals surface area contributed by atoms with Crippen LogP contribution in [0.15, 0.2) is 48.1 Å². The Morgan fingerprint density at radius 1 is 1.36 bits per heavy atom. The molecule has 9 nitrogen and oxygen atoms in total. The standard InChI is InChI=1S/C18H18N4O5S/c1-2-8-27-21-14-10-22(18(24)25)9-13-15(14)28-16(19-13)20-17(23)26-11-12-6-4-3-5-7-12/h2-7H,1,8-11H2,(H,24,25)(H,19,20,23)/b21-14+. The Morgan fingerprint density at radius 3 is 2.86 bits per heavy atom. The molecule has 1 aromatic heterocycles. The molecule has 2 N–H and O–H groups in total. The number of nitrogens with one attached hydrogen (secondary N) is 1. The predicted octanol–water partition coefficient (Wildman–Crippen LogP) is 3.29. The number of ether oxygens (including phenoxy) is 1. The van der Waals surface area contributed by atoms with Gasteiger partial charge in [-0.05, 0) is 5.56 Å². The number of hydrogen-bond donors (Lipinski definition) is 2. The van der Waals surface area contributed by atoms with E-state index in [2.05, 4.69) is 22.0 Å². The number of benzene rings is 1. The van der Waals surface area contributed by atoms with Crippen molar-refractivity contribution in [3.8, 4) is 0 Å². The Morgan fingerprint density at radius 2 is 2.14 bits per heavy atom. The van der Waals surface area contributed by atoms with Gasteiger partial charge in [-0.15, -0.1) is 0 Å². The zero-order chi connectivity index (χ0) is 19.9. The van der Waals surface area contributed by atoms with Crippen LogP contribution in [-0.2, 0) is 22.7 Å². The molecule has 2 heterocycles. The molecule has 2 aromatic rings. The molecule has 0 radical (unpaired) electrons. The number of anilines is 1. The Labute approximate surface area is 164 Å². The van der Waals surface area contributed by atoms with Gasteiger partial charge in [-0.25, -0.2) is 14.6 Å². The van der Waals surface area contributed by atoms with E-state index < -0.39 is 12.2 Å². The van der Waals surface area contributed by atoms with E-state index >= 15 is 0 Å². The molecule has 3 rings (SSSR count). The van der Waals surface area contributed by atoms with E-state index in [4.69, 9.17) is 9.57 Å². The van der Waals surface area contributed by atoms with Crippen LogP contribution in [0.5, 0.6) is 0 Å². The third-order valence-electron chi connectivity index (χ3n) is 3.70. The van der Waals surface area contributed by atoms with Crippen LogP contribution in [0.3, 0.4) is 0 Å². The third-order valence-corrected chi connectivity index (χ3v) is 4.76. The van der Waals surface area contributed by atoms with Crippen LogP contribution in [0.25, 0.3) is 0 Å². The summed E-state index contributed by atoms with van der Waals surface area (Å²) in [6.45, 7) is 4.03. The van der Waals surface area contributed by atoms with Gasteiger partial charge in [0.05, 0.1) is 23.7 Å². The fourth-order valence-corrected chi connectivity index (χ4v) is 3.38. The number of aromatic nitrogens is 1. The zero-order valence-electron chi connectivity index (χ0n) is 14.8. The Balaban J connectivity index is 1.70. The van der Waals surface area contributed by atoms with E-state index in [1.165, 1.54) is 17.4 Å². The highest BCUT2D eigenvalue weighted by atomic mass is 32.1. The van der Waals surface area contributed by atoms with Crippen LogP contribution in [0.2, 0.25) is 0 Å². The molecule has 0 fully saturated rings. The summed E-state index contributed by atoms with van der Waals surface area (Å²) < 4.78 is 5.18. The lowest BCUT2D eigenvalue weighted by atomic mass is 10.1. The first kappa shape index (κ1) is 19.4. The van der Waals surface area contributed by atoms with Crippen LogP contribution in [0.1, 0.15) is 16.1 Å². The molecule has 146 valence electrons. The first-order chi connectivity index (χ1) is 13.6. The van der Waals surface area contributed by atoms with Crippen LogP contribution in [0, 0.1) is 0 Å². The van der Waals surface area contributed by atoms with Crippen molar-refractivity contribution < 1.29 is 24.3 Å². The monoisotopic (exact) mass is 402 g/mol. The van der Waals surface area contributed by atoms with Gasteiger partial charge >= 0.3 is 12.2 Å². The predicted molar refractivity (Wildman–Crippen MR) is 103 cm³/mol.